The second kappa shape index (κ2) is 5.10. The van der Waals surface area contributed by atoms with Crippen LogP contribution in [-0.2, 0) is 0 Å². The molecule has 124 valence electrons. The van der Waals surface area contributed by atoms with Crippen molar-refractivity contribution in [3.05, 3.63) is 47.8 Å². The van der Waals surface area contributed by atoms with Crippen molar-refractivity contribution in [3.8, 4) is 0 Å². The van der Waals surface area contributed by atoms with Crippen LogP contribution in [0.3, 0.4) is 0 Å². The number of carbonyl (C=O) groups is 1. The molecule has 2 aliphatic heterocycles. The monoisotopic (exact) mass is 322 g/mol. The SMILES string of the molecule is CC(C1CC1)n1cc(NC(=O)N2C3CCC2c2ccccc23)cn1. The predicted octanol–water partition coefficient (Wildman–Crippen LogP) is 4.28. The number of carbonyl (C=O) groups excluding carboxylic acids is 1. The molecular formula is C19H22N4O. The maximum absolute atomic E-state index is 12.8. The first-order chi connectivity index (χ1) is 11.7. The van der Waals surface area contributed by atoms with Gasteiger partial charge in [-0.15, -0.1) is 0 Å². The fourth-order valence-electron chi connectivity index (χ4n) is 4.43. The zero-order chi connectivity index (χ0) is 16.3. The molecule has 1 saturated carbocycles. The third kappa shape index (κ3) is 2.07. The van der Waals surface area contributed by atoms with Gasteiger partial charge in [-0.1, -0.05) is 24.3 Å². The molecule has 3 aliphatic rings. The molecule has 0 radical (unpaired) electrons. The van der Waals surface area contributed by atoms with Gasteiger partial charge in [-0.25, -0.2) is 4.79 Å². The number of benzene rings is 1. The van der Waals surface area contributed by atoms with E-state index in [1.54, 1.807) is 6.20 Å². The quantitative estimate of drug-likeness (QED) is 0.917. The number of amides is 2. The average molecular weight is 322 g/mol. The van der Waals surface area contributed by atoms with E-state index in [2.05, 4.69) is 41.6 Å². The maximum Gasteiger partial charge on any atom is 0.322 e. The van der Waals surface area contributed by atoms with Crippen LogP contribution in [0.5, 0.6) is 0 Å². The van der Waals surface area contributed by atoms with Gasteiger partial charge in [0, 0.05) is 6.20 Å². The highest BCUT2D eigenvalue weighted by molar-refractivity contribution is 5.90. The summed E-state index contributed by atoms with van der Waals surface area (Å²) in [5.41, 5.74) is 3.44. The number of hydrogen-bond acceptors (Lipinski definition) is 2. The van der Waals surface area contributed by atoms with E-state index in [1.807, 2.05) is 15.8 Å². The number of nitrogens with one attached hydrogen (secondary N) is 1. The topological polar surface area (TPSA) is 50.2 Å². The van der Waals surface area contributed by atoms with Gasteiger partial charge < -0.3 is 10.2 Å². The summed E-state index contributed by atoms with van der Waals surface area (Å²) in [6.45, 7) is 2.20. The van der Waals surface area contributed by atoms with Crippen molar-refractivity contribution in [1.82, 2.24) is 14.7 Å². The molecular weight excluding hydrogens is 300 g/mol. The number of hydrogen-bond donors (Lipinski definition) is 1. The minimum Gasteiger partial charge on any atom is -0.310 e. The Bertz CT molecular complexity index is 763. The molecule has 3 atom stereocenters. The molecule has 1 saturated heterocycles. The molecule has 3 unspecified atom stereocenters. The number of urea groups is 1. The molecule has 2 amide bonds. The van der Waals surface area contributed by atoms with Crippen LogP contribution in [0, 0.1) is 5.92 Å². The van der Waals surface area contributed by atoms with Gasteiger partial charge in [-0.2, -0.15) is 5.10 Å². The van der Waals surface area contributed by atoms with Crippen molar-refractivity contribution in [2.75, 3.05) is 5.32 Å². The average Bonchev–Trinajstić information content (AvgIpc) is 3.08. The molecule has 5 heteroatoms. The van der Waals surface area contributed by atoms with Crippen LogP contribution in [-0.4, -0.2) is 20.7 Å². The lowest BCUT2D eigenvalue weighted by atomic mass is 9.92. The molecule has 1 aromatic carbocycles. The van der Waals surface area contributed by atoms with Gasteiger partial charge in [-0.05, 0) is 49.7 Å². The van der Waals surface area contributed by atoms with Gasteiger partial charge in [0.2, 0.25) is 0 Å². The van der Waals surface area contributed by atoms with Gasteiger partial charge in [-0.3, -0.25) is 4.68 Å². The van der Waals surface area contributed by atoms with E-state index in [1.165, 1.54) is 24.0 Å². The number of anilines is 1. The molecule has 2 fully saturated rings. The molecule has 5 rings (SSSR count). The lowest BCUT2D eigenvalue weighted by Gasteiger charge is -2.22. The third-order valence-electron chi connectivity index (χ3n) is 5.91. The Labute approximate surface area is 141 Å². The highest BCUT2D eigenvalue weighted by Gasteiger charge is 2.46. The number of nitrogens with zero attached hydrogens (tertiary/aromatic N) is 3. The van der Waals surface area contributed by atoms with Crippen LogP contribution in [0.15, 0.2) is 36.7 Å². The molecule has 0 spiro atoms. The van der Waals surface area contributed by atoms with Gasteiger partial charge in [0.05, 0.1) is 30.0 Å². The molecule has 2 aromatic rings. The summed E-state index contributed by atoms with van der Waals surface area (Å²) in [7, 11) is 0. The Kier molecular flexibility index (Phi) is 2.99. The predicted molar refractivity (Wildman–Crippen MR) is 91.7 cm³/mol. The van der Waals surface area contributed by atoms with E-state index in [0.717, 1.165) is 24.4 Å². The molecule has 5 nitrogen and oxygen atoms in total. The zero-order valence-corrected chi connectivity index (χ0v) is 13.9. The minimum absolute atomic E-state index is 0.00248. The van der Waals surface area contributed by atoms with Crippen LogP contribution < -0.4 is 5.32 Å². The lowest BCUT2D eigenvalue weighted by molar-refractivity contribution is 0.197. The van der Waals surface area contributed by atoms with E-state index in [-0.39, 0.29) is 18.1 Å². The Balaban J connectivity index is 1.33. The van der Waals surface area contributed by atoms with E-state index in [9.17, 15) is 4.79 Å². The van der Waals surface area contributed by atoms with Crippen molar-refractivity contribution < 1.29 is 4.79 Å². The first-order valence-electron chi connectivity index (χ1n) is 8.94. The van der Waals surface area contributed by atoms with Crippen molar-refractivity contribution >= 4 is 11.7 Å². The summed E-state index contributed by atoms with van der Waals surface area (Å²) in [6.07, 6.45) is 8.43. The summed E-state index contributed by atoms with van der Waals surface area (Å²) in [6, 6.07) is 9.33. The Morgan fingerprint density at radius 2 is 1.83 bits per heavy atom. The summed E-state index contributed by atoms with van der Waals surface area (Å²) >= 11 is 0. The number of fused-ring (bicyclic) bond motifs is 5. The van der Waals surface area contributed by atoms with Crippen molar-refractivity contribution in [1.29, 1.82) is 0 Å². The van der Waals surface area contributed by atoms with Gasteiger partial charge in [0.15, 0.2) is 0 Å². The number of aromatic nitrogens is 2. The molecule has 3 heterocycles. The Hall–Kier alpha value is -2.30. The van der Waals surface area contributed by atoms with Crippen LogP contribution in [0.2, 0.25) is 0 Å². The zero-order valence-electron chi connectivity index (χ0n) is 13.9. The highest BCUT2D eigenvalue weighted by atomic mass is 16.2. The Morgan fingerprint density at radius 1 is 1.17 bits per heavy atom. The maximum atomic E-state index is 12.8. The standard InChI is InChI=1S/C19H22N4O/c1-12(13-6-7-13)22-11-14(10-20-22)21-19(24)23-17-8-9-18(23)16-5-3-2-4-15(16)17/h2-5,10-13,17-18H,6-9H2,1H3,(H,21,24). The van der Waals surface area contributed by atoms with Crippen molar-refractivity contribution in [2.45, 2.75) is 50.7 Å². The lowest BCUT2D eigenvalue weighted by Crippen LogP contribution is -2.32. The second-order valence-electron chi connectivity index (χ2n) is 7.36. The smallest absolute Gasteiger partial charge is 0.310 e. The molecule has 2 bridgehead atoms. The van der Waals surface area contributed by atoms with Crippen LogP contribution in [0.1, 0.15) is 61.9 Å². The first kappa shape index (κ1) is 14.1. The van der Waals surface area contributed by atoms with Gasteiger partial charge in [0.1, 0.15) is 0 Å². The second-order valence-corrected chi connectivity index (χ2v) is 7.36. The largest absolute Gasteiger partial charge is 0.322 e. The number of rotatable bonds is 3. The normalized spacial score (nSPS) is 25.6. The van der Waals surface area contributed by atoms with Gasteiger partial charge >= 0.3 is 6.03 Å². The van der Waals surface area contributed by atoms with E-state index < -0.39 is 0 Å². The minimum atomic E-state index is -0.00248. The van der Waals surface area contributed by atoms with E-state index in [4.69, 9.17) is 0 Å². The van der Waals surface area contributed by atoms with Crippen LogP contribution in [0.25, 0.3) is 0 Å². The molecule has 1 N–H and O–H groups in total. The fourth-order valence-corrected chi connectivity index (χ4v) is 4.43. The third-order valence-corrected chi connectivity index (χ3v) is 5.91. The molecule has 1 aliphatic carbocycles. The first-order valence-corrected chi connectivity index (χ1v) is 8.94. The summed E-state index contributed by atoms with van der Waals surface area (Å²) in [5.74, 6) is 0.748. The molecule has 24 heavy (non-hydrogen) atoms. The summed E-state index contributed by atoms with van der Waals surface area (Å²) in [4.78, 5) is 14.9. The Morgan fingerprint density at radius 3 is 2.46 bits per heavy atom. The van der Waals surface area contributed by atoms with Crippen LogP contribution >= 0.6 is 0 Å². The van der Waals surface area contributed by atoms with Gasteiger partial charge in [0.25, 0.3) is 0 Å². The summed E-state index contributed by atoms with van der Waals surface area (Å²) < 4.78 is 1.99. The summed E-state index contributed by atoms with van der Waals surface area (Å²) in [5, 5.41) is 7.49. The highest BCUT2D eigenvalue weighted by Crippen LogP contribution is 2.53. The van der Waals surface area contributed by atoms with E-state index >= 15 is 0 Å². The van der Waals surface area contributed by atoms with E-state index in [0.29, 0.717) is 6.04 Å². The molecule has 1 aromatic heterocycles. The fraction of sp³-hybridized carbons (Fsp3) is 0.474. The van der Waals surface area contributed by atoms with Crippen LogP contribution in [0.4, 0.5) is 10.5 Å². The van der Waals surface area contributed by atoms with Crippen molar-refractivity contribution in [2.24, 2.45) is 5.92 Å². The van der Waals surface area contributed by atoms with Crippen molar-refractivity contribution in [3.63, 3.8) is 0 Å².